The summed E-state index contributed by atoms with van der Waals surface area (Å²) in [6.45, 7) is 7.18. The summed E-state index contributed by atoms with van der Waals surface area (Å²) >= 11 is 0. The van der Waals surface area contributed by atoms with Crippen LogP contribution in [0.3, 0.4) is 0 Å². The Kier molecular flexibility index (Phi) is 8.03. The van der Waals surface area contributed by atoms with E-state index in [4.69, 9.17) is 19.3 Å². The Balaban J connectivity index is 1.88. The molecule has 0 aromatic heterocycles. The van der Waals surface area contributed by atoms with Crippen LogP contribution in [-0.4, -0.2) is 64.6 Å². The van der Waals surface area contributed by atoms with E-state index in [1.165, 1.54) is 0 Å². The standard InChI is InChI=1S/C25H36O8/c1-14-13-18-6-7-19-8-9-20(27)33-23(17(4)32-24(29)31-11-5-10-26)15(2)12-16(3)25(19,30)21(18)22(14)28/h6-7,12,14-15,17,19,22-23,26,28,30H,5,8-11,13H2,1-4H3/b16-12+/t14-,15?,17?,19?,22+,23?,25?/m0/s1. The minimum atomic E-state index is -1.39. The predicted octanol–water partition coefficient (Wildman–Crippen LogP) is 2.81. The van der Waals surface area contributed by atoms with Gasteiger partial charge in [0.05, 0.1) is 12.7 Å². The maximum Gasteiger partial charge on any atom is 0.508 e. The van der Waals surface area contributed by atoms with Crippen molar-refractivity contribution in [2.24, 2.45) is 17.8 Å². The largest absolute Gasteiger partial charge is 0.508 e. The van der Waals surface area contributed by atoms with Crippen LogP contribution >= 0.6 is 0 Å². The Morgan fingerprint density at radius 2 is 2.09 bits per heavy atom. The molecule has 0 amide bonds. The van der Waals surface area contributed by atoms with E-state index in [0.717, 1.165) is 5.57 Å². The lowest BCUT2D eigenvalue weighted by atomic mass is 9.68. The summed E-state index contributed by atoms with van der Waals surface area (Å²) in [4.78, 5) is 24.6. The Hall–Kier alpha value is -2.16. The van der Waals surface area contributed by atoms with Gasteiger partial charge in [-0.15, -0.1) is 0 Å². The third-order valence-electron chi connectivity index (χ3n) is 7.03. The molecule has 33 heavy (non-hydrogen) atoms. The van der Waals surface area contributed by atoms with Crippen molar-refractivity contribution >= 4 is 12.1 Å². The monoisotopic (exact) mass is 464 g/mol. The first-order valence-corrected chi connectivity index (χ1v) is 11.7. The molecule has 3 aliphatic rings. The highest BCUT2D eigenvalue weighted by molar-refractivity contribution is 5.70. The van der Waals surface area contributed by atoms with Crippen molar-refractivity contribution in [1.29, 1.82) is 0 Å². The van der Waals surface area contributed by atoms with Gasteiger partial charge in [0.1, 0.15) is 17.8 Å². The molecule has 0 saturated heterocycles. The van der Waals surface area contributed by atoms with Gasteiger partial charge in [0.15, 0.2) is 0 Å². The highest BCUT2D eigenvalue weighted by Crippen LogP contribution is 2.50. The predicted molar refractivity (Wildman–Crippen MR) is 120 cm³/mol. The molecule has 0 fully saturated rings. The third kappa shape index (κ3) is 5.18. The summed E-state index contributed by atoms with van der Waals surface area (Å²) in [5.74, 6) is -1.19. The first kappa shape index (κ1) is 25.5. The quantitative estimate of drug-likeness (QED) is 0.323. The molecule has 8 nitrogen and oxygen atoms in total. The molecule has 7 atom stereocenters. The molecule has 184 valence electrons. The van der Waals surface area contributed by atoms with Gasteiger partial charge in [-0.2, -0.15) is 0 Å². The minimum absolute atomic E-state index is 0.00559. The van der Waals surface area contributed by atoms with E-state index >= 15 is 0 Å². The molecule has 0 spiro atoms. The lowest BCUT2D eigenvalue weighted by molar-refractivity contribution is -0.159. The number of allylic oxidation sites excluding steroid dienone is 2. The van der Waals surface area contributed by atoms with Crippen molar-refractivity contribution in [3.63, 3.8) is 0 Å². The van der Waals surface area contributed by atoms with Crippen molar-refractivity contribution in [3.05, 3.63) is 34.9 Å². The van der Waals surface area contributed by atoms with Crippen LogP contribution in [0.5, 0.6) is 0 Å². The number of aliphatic hydroxyl groups excluding tert-OH is 2. The Bertz CT molecular complexity index is 843. The Morgan fingerprint density at radius 1 is 1.36 bits per heavy atom. The van der Waals surface area contributed by atoms with Crippen LogP contribution in [0.15, 0.2) is 34.9 Å². The first-order chi connectivity index (χ1) is 15.6. The second-order valence-corrected chi connectivity index (χ2v) is 9.50. The van der Waals surface area contributed by atoms with E-state index in [-0.39, 0.29) is 37.4 Å². The highest BCUT2D eigenvalue weighted by atomic mass is 16.7. The van der Waals surface area contributed by atoms with E-state index in [1.807, 2.05) is 39.0 Å². The number of carbonyl (C=O) groups excluding carboxylic acids is 2. The second-order valence-electron chi connectivity index (χ2n) is 9.50. The smallest absolute Gasteiger partial charge is 0.458 e. The fourth-order valence-electron chi connectivity index (χ4n) is 5.26. The molecule has 2 aliphatic carbocycles. The molecule has 0 aromatic carbocycles. The highest BCUT2D eigenvalue weighted by Gasteiger charge is 2.50. The molecular formula is C25H36O8. The fourth-order valence-corrected chi connectivity index (χ4v) is 5.26. The minimum Gasteiger partial charge on any atom is -0.458 e. The number of hydrogen-bond donors (Lipinski definition) is 3. The van der Waals surface area contributed by atoms with Crippen molar-refractivity contribution in [2.45, 2.75) is 77.3 Å². The molecular weight excluding hydrogens is 428 g/mol. The summed E-state index contributed by atoms with van der Waals surface area (Å²) < 4.78 is 15.9. The third-order valence-corrected chi connectivity index (χ3v) is 7.03. The number of aliphatic hydroxyl groups is 3. The van der Waals surface area contributed by atoms with Gasteiger partial charge < -0.3 is 29.5 Å². The zero-order valence-electron chi connectivity index (χ0n) is 19.8. The molecule has 3 N–H and O–H groups in total. The average molecular weight is 465 g/mol. The number of carbonyl (C=O) groups is 2. The molecule has 1 aliphatic heterocycles. The van der Waals surface area contributed by atoms with E-state index in [1.54, 1.807) is 6.92 Å². The van der Waals surface area contributed by atoms with E-state index in [2.05, 4.69) is 0 Å². The summed E-state index contributed by atoms with van der Waals surface area (Å²) in [7, 11) is 0. The molecule has 3 rings (SSSR count). The summed E-state index contributed by atoms with van der Waals surface area (Å²) in [6.07, 6.45) is 3.95. The van der Waals surface area contributed by atoms with Crippen molar-refractivity contribution < 1.29 is 39.1 Å². The van der Waals surface area contributed by atoms with Crippen LogP contribution in [0.25, 0.3) is 0 Å². The van der Waals surface area contributed by atoms with Gasteiger partial charge in [-0.1, -0.05) is 32.1 Å². The Labute approximate surface area is 194 Å². The fraction of sp³-hybridized carbons (Fsp3) is 0.680. The molecule has 0 radical (unpaired) electrons. The van der Waals surface area contributed by atoms with Gasteiger partial charge in [-0.25, -0.2) is 4.79 Å². The normalized spacial score (nSPS) is 36.8. The van der Waals surface area contributed by atoms with Crippen molar-refractivity contribution in [2.75, 3.05) is 13.2 Å². The van der Waals surface area contributed by atoms with Gasteiger partial charge >= 0.3 is 12.1 Å². The Morgan fingerprint density at radius 3 is 2.79 bits per heavy atom. The molecule has 8 heteroatoms. The number of rotatable bonds is 5. The number of esters is 1. The topological polar surface area (TPSA) is 123 Å². The van der Waals surface area contributed by atoms with Crippen LogP contribution in [0.1, 0.15) is 53.4 Å². The molecule has 0 bridgehead atoms. The maximum atomic E-state index is 12.7. The van der Waals surface area contributed by atoms with Crippen molar-refractivity contribution in [1.82, 2.24) is 0 Å². The first-order valence-electron chi connectivity index (χ1n) is 11.7. The van der Waals surface area contributed by atoms with Crippen LogP contribution in [0, 0.1) is 17.8 Å². The van der Waals surface area contributed by atoms with Crippen LogP contribution in [0.4, 0.5) is 4.79 Å². The van der Waals surface area contributed by atoms with Crippen molar-refractivity contribution in [3.8, 4) is 0 Å². The van der Waals surface area contributed by atoms with Gasteiger partial charge in [-0.3, -0.25) is 4.79 Å². The summed E-state index contributed by atoms with van der Waals surface area (Å²) in [5.41, 5.74) is 0.863. The lowest BCUT2D eigenvalue weighted by Crippen LogP contribution is -2.47. The average Bonchev–Trinajstić information content (AvgIpc) is 3.05. The number of hydrogen-bond acceptors (Lipinski definition) is 8. The zero-order valence-corrected chi connectivity index (χ0v) is 19.8. The SMILES string of the molecule is C/C1=C\C(C)C(C(C)OC(=O)OCCCO)OC(=O)CCC2C=CC3=C([C@H](O)[C@@H](C)C3)C12O. The maximum absolute atomic E-state index is 12.7. The van der Waals surface area contributed by atoms with Crippen LogP contribution in [0.2, 0.25) is 0 Å². The summed E-state index contributed by atoms with van der Waals surface area (Å²) in [6, 6.07) is 0. The van der Waals surface area contributed by atoms with E-state index in [0.29, 0.717) is 30.4 Å². The van der Waals surface area contributed by atoms with Crippen LogP contribution < -0.4 is 0 Å². The molecule has 0 aromatic rings. The van der Waals surface area contributed by atoms with Gasteiger partial charge in [0.2, 0.25) is 0 Å². The van der Waals surface area contributed by atoms with Crippen LogP contribution in [-0.2, 0) is 19.0 Å². The molecule has 5 unspecified atom stereocenters. The second kappa shape index (κ2) is 10.4. The molecule has 0 saturated carbocycles. The van der Waals surface area contributed by atoms with E-state index in [9.17, 15) is 19.8 Å². The number of ether oxygens (including phenoxy) is 3. The number of cyclic esters (lactones) is 1. The number of fused-ring (bicyclic) bond motifs is 2. The van der Waals surface area contributed by atoms with E-state index < -0.39 is 36.0 Å². The van der Waals surface area contributed by atoms with Gasteiger partial charge in [-0.05, 0) is 49.3 Å². The van der Waals surface area contributed by atoms with Gasteiger partial charge in [0, 0.05) is 31.3 Å². The van der Waals surface area contributed by atoms with Gasteiger partial charge in [0.25, 0.3) is 0 Å². The lowest BCUT2D eigenvalue weighted by Gasteiger charge is -2.42. The summed E-state index contributed by atoms with van der Waals surface area (Å²) in [5, 5.41) is 31.7. The molecule has 1 heterocycles. The zero-order chi connectivity index (χ0) is 24.3.